The van der Waals surface area contributed by atoms with Gasteiger partial charge in [-0.2, -0.15) is 10.5 Å². The van der Waals surface area contributed by atoms with E-state index in [0.717, 1.165) is 11.6 Å². The standard InChI is InChI=1S/C33H26F3N5O3/c1-43-29-10-9-21(13-26(29)35)31-24(17-38)15-30(40-32(31)22-7-8-23(16-37)25(34)14-22)41-12-11-28(27(36)18-41)39-33(42)44-19-20-5-3-2-4-6-20/h2-10,13-15,27-28H,11-12,18-19H2,1H3,(H,39,42). The van der Waals surface area contributed by atoms with Gasteiger partial charge < -0.3 is 19.7 Å². The number of alkyl carbamates (subject to hydrolysis) is 1. The van der Waals surface area contributed by atoms with Gasteiger partial charge in [0.15, 0.2) is 11.6 Å². The van der Waals surface area contributed by atoms with Gasteiger partial charge in [-0.25, -0.2) is 22.9 Å². The number of nitrogens with zero attached hydrogens (tertiary/aromatic N) is 4. The zero-order valence-corrected chi connectivity index (χ0v) is 23.6. The molecular weight excluding hydrogens is 571 g/mol. The summed E-state index contributed by atoms with van der Waals surface area (Å²) in [6.45, 7) is 0.172. The molecule has 4 aromatic rings. The maximum atomic E-state index is 15.4. The van der Waals surface area contributed by atoms with Gasteiger partial charge in [0.05, 0.1) is 42.6 Å². The van der Waals surface area contributed by atoms with Crippen LogP contribution >= 0.6 is 0 Å². The Kier molecular flexibility index (Phi) is 8.96. The van der Waals surface area contributed by atoms with Crippen LogP contribution in [0.25, 0.3) is 22.4 Å². The molecule has 44 heavy (non-hydrogen) atoms. The molecule has 1 aliphatic rings. The molecule has 1 saturated heterocycles. The second-order valence-corrected chi connectivity index (χ2v) is 10.1. The molecule has 1 aliphatic heterocycles. The molecule has 1 fully saturated rings. The Morgan fingerprint density at radius 1 is 1.00 bits per heavy atom. The molecule has 11 heteroatoms. The van der Waals surface area contributed by atoms with Crippen LogP contribution in [0, 0.1) is 34.3 Å². The van der Waals surface area contributed by atoms with Crippen LogP contribution in [-0.2, 0) is 11.3 Å². The fourth-order valence-corrected chi connectivity index (χ4v) is 5.05. The Balaban J connectivity index is 1.44. The number of methoxy groups -OCH3 is 1. The van der Waals surface area contributed by atoms with Crippen molar-refractivity contribution in [2.45, 2.75) is 25.2 Å². The van der Waals surface area contributed by atoms with Gasteiger partial charge in [-0.05, 0) is 47.9 Å². The lowest BCUT2D eigenvalue weighted by atomic mass is 9.94. The molecule has 5 rings (SSSR count). The van der Waals surface area contributed by atoms with Gasteiger partial charge in [0.25, 0.3) is 0 Å². The Morgan fingerprint density at radius 3 is 2.39 bits per heavy atom. The molecule has 1 amide bonds. The Morgan fingerprint density at radius 2 is 1.73 bits per heavy atom. The quantitative estimate of drug-likeness (QED) is 0.267. The van der Waals surface area contributed by atoms with Gasteiger partial charge in [0, 0.05) is 17.7 Å². The third-order valence-corrected chi connectivity index (χ3v) is 7.31. The van der Waals surface area contributed by atoms with Gasteiger partial charge in [0.2, 0.25) is 0 Å². The van der Waals surface area contributed by atoms with E-state index < -0.39 is 29.9 Å². The number of pyridine rings is 1. The van der Waals surface area contributed by atoms with Gasteiger partial charge >= 0.3 is 6.09 Å². The summed E-state index contributed by atoms with van der Waals surface area (Å²) in [6, 6.07) is 21.7. The van der Waals surface area contributed by atoms with E-state index in [1.165, 1.54) is 37.4 Å². The molecule has 2 heterocycles. The van der Waals surface area contributed by atoms with Crippen molar-refractivity contribution in [3.05, 3.63) is 101 Å². The highest BCUT2D eigenvalue weighted by Crippen LogP contribution is 2.38. The molecule has 1 N–H and O–H groups in total. The minimum absolute atomic E-state index is 0.00257. The zero-order chi connectivity index (χ0) is 31.2. The van der Waals surface area contributed by atoms with E-state index in [1.54, 1.807) is 17.0 Å². The number of carbonyl (C=O) groups is 1. The number of anilines is 1. The van der Waals surface area contributed by atoms with Crippen molar-refractivity contribution < 1.29 is 27.4 Å². The first-order valence-electron chi connectivity index (χ1n) is 13.7. The molecule has 1 aromatic heterocycles. The Bertz CT molecular complexity index is 1770. The second kappa shape index (κ2) is 13.2. The van der Waals surface area contributed by atoms with E-state index in [4.69, 9.17) is 14.5 Å². The van der Waals surface area contributed by atoms with Crippen molar-refractivity contribution in [1.29, 1.82) is 10.5 Å². The molecule has 2 atom stereocenters. The van der Waals surface area contributed by atoms with E-state index in [0.29, 0.717) is 5.56 Å². The van der Waals surface area contributed by atoms with E-state index in [2.05, 4.69) is 11.4 Å². The second-order valence-electron chi connectivity index (χ2n) is 10.1. The maximum Gasteiger partial charge on any atom is 0.407 e. The number of nitrogens with one attached hydrogen (secondary N) is 1. The molecule has 8 nitrogen and oxygen atoms in total. The highest BCUT2D eigenvalue weighted by Gasteiger charge is 2.32. The average molecular weight is 598 g/mol. The predicted molar refractivity (Wildman–Crippen MR) is 156 cm³/mol. The third-order valence-electron chi connectivity index (χ3n) is 7.31. The average Bonchev–Trinajstić information content (AvgIpc) is 3.04. The first-order valence-corrected chi connectivity index (χ1v) is 13.7. The number of rotatable bonds is 7. The largest absolute Gasteiger partial charge is 0.494 e. The number of amides is 1. The molecule has 0 radical (unpaired) electrons. The van der Waals surface area contributed by atoms with Crippen LogP contribution in [0.1, 0.15) is 23.1 Å². The van der Waals surface area contributed by atoms with Crippen LogP contribution in [0.5, 0.6) is 5.75 Å². The van der Waals surface area contributed by atoms with Gasteiger partial charge in [-0.1, -0.05) is 42.5 Å². The SMILES string of the molecule is COc1ccc(-c2c(C#N)cc(N3CCC(NC(=O)OCc4ccccc4)C(F)C3)nc2-c2ccc(C#N)c(F)c2)cc1F. The number of nitriles is 2. The number of benzene rings is 3. The first kappa shape index (κ1) is 29.9. The smallest absolute Gasteiger partial charge is 0.407 e. The number of ether oxygens (including phenoxy) is 2. The van der Waals surface area contributed by atoms with E-state index in [-0.39, 0.29) is 65.6 Å². The molecule has 0 bridgehead atoms. The molecule has 3 aromatic carbocycles. The van der Waals surface area contributed by atoms with Crippen LogP contribution in [0.3, 0.4) is 0 Å². The molecule has 2 unspecified atom stereocenters. The van der Waals surface area contributed by atoms with Crippen molar-refractivity contribution in [2.24, 2.45) is 0 Å². The van der Waals surface area contributed by atoms with E-state index in [9.17, 15) is 24.1 Å². The summed E-state index contributed by atoms with van der Waals surface area (Å²) in [5.41, 5.74) is 1.62. The van der Waals surface area contributed by atoms with Crippen molar-refractivity contribution in [3.63, 3.8) is 0 Å². The van der Waals surface area contributed by atoms with Gasteiger partial charge in [0.1, 0.15) is 30.5 Å². The van der Waals surface area contributed by atoms with Crippen molar-refractivity contribution >= 4 is 11.9 Å². The summed E-state index contributed by atoms with van der Waals surface area (Å²) in [5, 5.41) is 21.9. The Labute approximate surface area is 251 Å². The number of alkyl halides is 1. The fraction of sp³-hybridized carbons (Fsp3) is 0.212. The molecule has 0 saturated carbocycles. The third kappa shape index (κ3) is 6.42. The van der Waals surface area contributed by atoms with Crippen LogP contribution < -0.4 is 15.0 Å². The molecule has 0 aliphatic carbocycles. The first-order chi connectivity index (χ1) is 21.3. The summed E-state index contributed by atoms with van der Waals surface area (Å²) in [6.07, 6.45) is -2.01. The van der Waals surface area contributed by atoms with Crippen LogP contribution in [0.15, 0.2) is 72.8 Å². The van der Waals surface area contributed by atoms with Crippen LogP contribution in [0.4, 0.5) is 23.8 Å². The normalized spacial score (nSPS) is 16.0. The van der Waals surface area contributed by atoms with Crippen LogP contribution in [0.2, 0.25) is 0 Å². The Hall–Kier alpha value is -5.55. The highest BCUT2D eigenvalue weighted by atomic mass is 19.1. The predicted octanol–water partition coefficient (Wildman–Crippen LogP) is 6.29. The minimum Gasteiger partial charge on any atom is -0.494 e. The monoisotopic (exact) mass is 597 g/mol. The van der Waals surface area contributed by atoms with Gasteiger partial charge in [-0.3, -0.25) is 0 Å². The fourth-order valence-electron chi connectivity index (χ4n) is 5.05. The molecule has 0 spiro atoms. The van der Waals surface area contributed by atoms with Crippen LogP contribution in [-0.4, -0.2) is 43.5 Å². The lowest BCUT2D eigenvalue weighted by Gasteiger charge is -2.36. The molecule has 222 valence electrons. The van der Waals surface area contributed by atoms with Crippen molar-refractivity contribution in [3.8, 4) is 40.3 Å². The van der Waals surface area contributed by atoms with E-state index in [1.807, 2.05) is 30.3 Å². The highest BCUT2D eigenvalue weighted by molar-refractivity contribution is 5.87. The number of piperidine rings is 1. The number of aromatic nitrogens is 1. The summed E-state index contributed by atoms with van der Waals surface area (Å²) < 4.78 is 55.1. The minimum atomic E-state index is -1.49. The lowest BCUT2D eigenvalue weighted by Crippen LogP contribution is -2.52. The number of hydrogen-bond acceptors (Lipinski definition) is 7. The summed E-state index contributed by atoms with van der Waals surface area (Å²) in [4.78, 5) is 18.7. The van der Waals surface area contributed by atoms with Gasteiger partial charge in [-0.15, -0.1) is 0 Å². The molecular formula is C33H26F3N5O3. The topological polar surface area (TPSA) is 111 Å². The summed E-state index contributed by atoms with van der Waals surface area (Å²) in [7, 11) is 1.32. The number of carbonyl (C=O) groups excluding carboxylic acids is 1. The lowest BCUT2D eigenvalue weighted by molar-refractivity contribution is 0.124. The van der Waals surface area contributed by atoms with E-state index >= 15 is 4.39 Å². The zero-order valence-electron chi connectivity index (χ0n) is 23.6. The summed E-state index contributed by atoms with van der Waals surface area (Å²) in [5.74, 6) is -1.23. The van der Waals surface area contributed by atoms with Crippen molar-refractivity contribution in [1.82, 2.24) is 10.3 Å². The number of hydrogen-bond donors (Lipinski definition) is 1. The maximum absolute atomic E-state index is 15.4. The number of halogens is 3. The van der Waals surface area contributed by atoms with Crippen molar-refractivity contribution in [2.75, 3.05) is 25.1 Å². The summed E-state index contributed by atoms with van der Waals surface area (Å²) >= 11 is 0.